The summed E-state index contributed by atoms with van der Waals surface area (Å²) in [5.74, 6) is 0.913. The lowest BCUT2D eigenvalue weighted by atomic mass is 9.76. The van der Waals surface area contributed by atoms with Gasteiger partial charge in [-0.25, -0.2) is 4.39 Å². The molecular weight excluding hydrogens is 377 g/mol. The molecule has 4 aromatic rings. The Morgan fingerprint density at radius 2 is 1.90 bits per heavy atom. The average molecular weight is 404 g/mol. The van der Waals surface area contributed by atoms with Gasteiger partial charge in [0, 0.05) is 41.3 Å². The third kappa shape index (κ3) is 2.72. The van der Waals surface area contributed by atoms with Crippen LogP contribution in [0.25, 0.3) is 27.5 Å². The number of rotatable bonds is 3. The number of H-pyrrole nitrogens is 1. The number of hydrogen-bond acceptors (Lipinski definition) is 2. The molecule has 2 aliphatic rings. The van der Waals surface area contributed by atoms with Gasteiger partial charge in [-0.1, -0.05) is 6.42 Å². The van der Waals surface area contributed by atoms with Gasteiger partial charge in [0.15, 0.2) is 0 Å². The van der Waals surface area contributed by atoms with Crippen LogP contribution in [0.1, 0.15) is 60.8 Å². The topological polar surface area (TPSA) is 42.8 Å². The van der Waals surface area contributed by atoms with Crippen molar-refractivity contribution in [3.63, 3.8) is 0 Å². The highest BCUT2D eigenvalue weighted by Gasteiger charge is 2.33. The van der Waals surface area contributed by atoms with Crippen molar-refractivity contribution in [3.8, 4) is 5.69 Å². The Hall–Kier alpha value is -2.66. The van der Waals surface area contributed by atoms with Gasteiger partial charge in [-0.15, -0.1) is 0 Å². The van der Waals surface area contributed by atoms with Crippen molar-refractivity contribution in [1.82, 2.24) is 14.8 Å². The first-order valence-electron chi connectivity index (χ1n) is 11.1. The fourth-order valence-electron chi connectivity index (χ4n) is 5.31. The molecule has 0 radical (unpaired) electrons. The number of ether oxygens (including phenoxy) is 1. The molecule has 154 valence electrons. The molecule has 1 aliphatic carbocycles. The first kappa shape index (κ1) is 18.1. The fourth-order valence-corrected chi connectivity index (χ4v) is 5.31. The summed E-state index contributed by atoms with van der Waals surface area (Å²) in [5, 5.41) is 9.83. The van der Waals surface area contributed by atoms with E-state index >= 15 is 0 Å². The second kappa shape index (κ2) is 6.95. The molecule has 2 aromatic heterocycles. The minimum atomic E-state index is -0.153. The van der Waals surface area contributed by atoms with Crippen molar-refractivity contribution in [2.24, 2.45) is 0 Å². The number of hydrogen-bond donors (Lipinski definition) is 1. The minimum absolute atomic E-state index is 0.153. The van der Waals surface area contributed by atoms with Crippen LogP contribution < -0.4 is 0 Å². The van der Waals surface area contributed by atoms with Gasteiger partial charge in [0.2, 0.25) is 0 Å². The van der Waals surface area contributed by atoms with E-state index in [4.69, 9.17) is 4.74 Å². The number of nitrogens with one attached hydrogen (secondary N) is 1. The Bertz CT molecular complexity index is 1240. The number of fused-ring (bicyclic) bond motifs is 2. The predicted molar refractivity (Wildman–Crippen MR) is 117 cm³/mol. The molecule has 5 heteroatoms. The van der Waals surface area contributed by atoms with Crippen LogP contribution in [0.3, 0.4) is 0 Å². The molecule has 30 heavy (non-hydrogen) atoms. The SMILES string of the molecule is Cc1cc(-n2c(C3CCOCC3)c(C3CCC3)c3cc4[nH]ncc4cc32)ccc1F. The second-order valence-electron chi connectivity index (χ2n) is 8.91. The van der Waals surface area contributed by atoms with E-state index < -0.39 is 0 Å². The maximum atomic E-state index is 14.1. The zero-order chi connectivity index (χ0) is 20.2. The van der Waals surface area contributed by atoms with Gasteiger partial charge in [0.25, 0.3) is 0 Å². The molecule has 0 spiro atoms. The Kier molecular flexibility index (Phi) is 4.20. The molecule has 0 unspecified atom stereocenters. The van der Waals surface area contributed by atoms with Gasteiger partial charge in [-0.3, -0.25) is 5.10 Å². The van der Waals surface area contributed by atoms with Gasteiger partial charge < -0.3 is 9.30 Å². The van der Waals surface area contributed by atoms with Crippen LogP contribution in [0.5, 0.6) is 0 Å². The highest BCUT2D eigenvalue weighted by molar-refractivity contribution is 5.99. The van der Waals surface area contributed by atoms with Crippen LogP contribution in [0.2, 0.25) is 0 Å². The maximum absolute atomic E-state index is 14.1. The summed E-state index contributed by atoms with van der Waals surface area (Å²) in [6, 6.07) is 10.0. The molecule has 2 fully saturated rings. The van der Waals surface area contributed by atoms with Crippen LogP contribution in [0.15, 0.2) is 36.5 Å². The molecule has 0 atom stereocenters. The quantitative estimate of drug-likeness (QED) is 0.448. The fraction of sp³-hybridized carbons (Fsp3) is 0.400. The number of nitrogens with zero attached hydrogens (tertiary/aromatic N) is 2. The maximum Gasteiger partial charge on any atom is 0.126 e. The largest absolute Gasteiger partial charge is 0.381 e. The van der Waals surface area contributed by atoms with E-state index in [9.17, 15) is 4.39 Å². The summed E-state index contributed by atoms with van der Waals surface area (Å²) < 4.78 is 22.2. The summed E-state index contributed by atoms with van der Waals surface area (Å²) in [7, 11) is 0. The van der Waals surface area contributed by atoms with E-state index in [1.165, 1.54) is 41.4 Å². The molecule has 4 nitrogen and oxygen atoms in total. The van der Waals surface area contributed by atoms with E-state index in [1.807, 2.05) is 25.3 Å². The molecule has 2 aromatic carbocycles. The Morgan fingerprint density at radius 3 is 2.63 bits per heavy atom. The monoisotopic (exact) mass is 403 g/mol. The first-order valence-corrected chi connectivity index (χ1v) is 11.1. The Morgan fingerprint density at radius 1 is 1.07 bits per heavy atom. The van der Waals surface area contributed by atoms with Crippen molar-refractivity contribution in [3.05, 3.63) is 59.2 Å². The van der Waals surface area contributed by atoms with E-state index in [1.54, 1.807) is 6.07 Å². The van der Waals surface area contributed by atoms with Gasteiger partial charge >= 0.3 is 0 Å². The van der Waals surface area contributed by atoms with Crippen molar-refractivity contribution in [1.29, 1.82) is 0 Å². The summed E-state index contributed by atoms with van der Waals surface area (Å²) in [5.41, 5.74) is 6.94. The number of aryl methyl sites for hydroxylation is 1. The van der Waals surface area contributed by atoms with E-state index in [-0.39, 0.29) is 5.82 Å². The van der Waals surface area contributed by atoms with Crippen LogP contribution in [-0.2, 0) is 4.74 Å². The third-order valence-corrected chi connectivity index (χ3v) is 7.13. The highest BCUT2D eigenvalue weighted by Crippen LogP contribution is 2.48. The molecule has 0 amide bonds. The van der Waals surface area contributed by atoms with E-state index in [2.05, 4.69) is 26.9 Å². The highest BCUT2D eigenvalue weighted by atomic mass is 19.1. The van der Waals surface area contributed by atoms with Gasteiger partial charge in [0.1, 0.15) is 5.82 Å². The number of aromatic amines is 1. The summed E-state index contributed by atoms with van der Waals surface area (Å²) >= 11 is 0. The van der Waals surface area contributed by atoms with Crippen LogP contribution >= 0.6 is 0 Å². The Balaban J connectivity index is 1.70. The second-order valence-corrected chi connectivity index (χ2v) is 8.91. The third-order valence-electron chi connectivity index (χ3n) is 7.13. The number of halogens is 1. The molecule has 1 aliphatic heterocycles. The summed E-state index contributed by atoms with van der Waals surface area (Å²) in [6.07, 6.45) is 7.76. The lowest BCUT2D eigenvalue weighted by molar-refractivity contribution is 0.0839. The Labute approximate surface area is 175 Å². The molecule has 0 bridgehead atoms. The first-order chi connectivity index (χ1) is 14.7. The standard InChI is InChI=1S/C25H26FN3O/c1-15-11-19(5-6-21(15)26)29-23-12-18-14-27-28-22(18)13-20(23)24(16-3-2-4-16)25(29)17-7-9-30-10-8-17/h5-6,11-14,16-17H,2-4,7-10H2,1H3,(H,27,28). The predicted octanol–water partition coefficient (Wildman–Crippen LogP) is 6.12. The molecular formula is C25H26FN3O. The normalized spacial score (nSPS) is 18.3. The molecule has 6 rings (SSSR count). The minimum Gasteiger partial charge on any atom is -0.381 e. The van der Waals surface area contributed by atoms with Crippen molar-refractivity contribution < 1.29 is 9.13 Å². The molecule has 3 heterocycles. The number of aromatic nitrogens is 3. The number of benzene rings is 2. The van der Waals surface area contributed by atoms with Crippen molar-refractivity contribution in [2.75, 3.05) is 13.2 Å². The van der Waals surface area contributed by atoms with Crippen LogP contribution in [0.4, 0.5) is 4.39 Å². The van der Waals surface area contributed by atoms with Crippen LogP contribution in [-0.4, -0.2) is 28.0 Å². The smallest absolute Gasteiger partial charge is 0.126 e. The molecule has 1 saturated heterocycles. The molecule has 1 saturated carbocycles. The lowest BCUT2D eigenvalue weighted by Gasteiger charge is -2.31. The zero-order valence-electron chi connectivity index (χ0n) is 17.2. The van der Waals surface area contributed by atoms with E-state index in [0.717, 1.165) is 42.6 Å². The average Bonchev–Trinajstić information content (AvgIpc) is 3.30. The van der Waals surface area contributed by atoms with Crippen molar-refractivity contribution >= 4 is 21.8 Å². The molecule has 1 N–H and O–H groups in total. The van der Waals surface area contributed by atoms with Gasteiger partial charge in [0.05, 0.1) is 17.2 Å². The van der Waals surface area contributed by atoms with Crippen LogP contribution in [0, 0.1) is 12.7 Å². The zero-order valence-corrected chi connectivity index (χ0v) is 17.2. The summed E-state index contributed by atoms with van der Waals surface area (Å²) in [4.78, 5) is 0. The lowest BCUT2D eigenvalue weighted by Crippen LogP contribution is -2.20. The summed E-state index contributed by atoms with van der Waals surface area (Å²) in [6.45, 7) is 3.46. The van der Waals surface area contributed by atoms with Gasteiger partial charge in [-0.05, 0) is 80.0 Å². The van der Waals surface area contributed by atoms with Gasteiger partial charge in [-0.2, -0.15) is 5.10 Å². The van der Waals surface area contributed by atoms with E-state index in [0.29, 0.717) is 17.4 Å². The van der Waals surface area contributed by atoms with Crippen molar-refractivity contribution in [2.45, 2.75) is 50.9 Å².